The maximum atomic E-state index is 12.9. The molecule has 0 atom stereocenters. The lowest BCUT2D eigenvalue weighted by Crippen LogP contribution is -2.24. The van der Waals surface area contributed by atoms with Crippen molar-refractivity contribution in [3.63, 3.8) is 0 Å². The molecule has 0 bridgehead atoms. The van der Waals surface area contributed by atoms with Crippen LogP contribution in [0.5, 0.6) is 0 Å². The van der Waals surface area contributed by atoms with E-state index in [1.807, 2.05) is 30.3 Å². The summed E-state index contributed by atoms with van der Waals surface area (Å²) in [5.41, 5.74) is 0.332. The lowest BCUT2D eigenvalue weighted by Gasteiger charge is -2.09. The SMILES string of the molecule is O=C(CSc1nnnn1-c1cccc(C(F)(F)F)c1)NCc1ccccc1. The van der Waals surface area contributed by atoms with Crippen molar-refractivity contribution in [1.82, 2.24) is 25.5 Å². The van der Waals surface area contributed by atoms with Crippen molar-refractivity contribution in [2.75, 3.05) is 5.75 Å². The van der Waals surface area contributed by atoms with Crippen molar-refractivity contribution < 1.29 is 18.0 Å². The van der Waals surface area contributed by atoms with Gasteiger partial charge in [-0.3, -0.25) is 4.79 Å². The minimum absolute atomic E-state index is 0.0339. The number of alkyl halides is 3. The van der Waals surface area contributed by atoms with Gasteiger partial charge in [-0.2, -0.15) is 17.9 Å². The second kappa shape index (κ2) is 8.21. The fourth-order valence-electron chi connectivity index (χ4n) is 2.22. The fraction of sp³-hybridized carbons (Fsp3) is 0.176. The zero-order valence-corrected chi connectivity index (χ0v) is 14.7. The molecule has 140 valence electrons. The van der Waals surface area contributed by atoms with Crippen LogP contribution in [0.25, 0.3) is 5.69 Å². The number of amides is 1. The molecule has 0 aliphatic heterocycles. The van der Waals surface area contributed by atoms with Gasteiger partial charge in [-0.1, -0.05) is 48.2 Å². The summed E-state index contributed by atoms with van der Waals surface area (Å²) in [6.45, 7) is 0.388. The van der Waals surface area contributed by atoms with Crippen LogP contribution in [0.2, 0.25) is 0 Å². The Hall–Kier alpha value is -2.88. The van der Waals surface area contributed by atoms with Gasteiger partial charge >= 0.3 is 6.18 Å². The number of rotatable bonds is 6. The number of hydrogen-bond acceptors (Lipinski definition) is 5. The summed E-state index contributed by atoms with van der Waals surface area (Å²) in [5.74, 6) is -0.200. The first kappa shape index (κ1) is 18.9. The molecule has 1 amide bonds. The first-order valence-electron chi connectivity index (χ1n) is 7.83. The Morgan fingerprint density at radius 1 is 1.11 bits per heavy atom. The third kappa shape index (κ3) is 5.07. The number of halogens is 3. The number of carbonyl (C=O) groups excluding carboxylic acids is 1. The van der Waals surface area contributed by atoms with Gasteiger partial charge in [-0.05, 0) is 34.2 Å². The van der Waals surface area contributed by atoms with E-state index < -0.39 is 11.7 Å². The summed E-state index contributed by atoms with van der Waals surface area (Å²) in [4.78, 5) is 12.0. The van der Waals surface area contributed by atoms with Gasteiger partial charge in [-0.25, -0.2) is 0 Å². The van der Waals surface area contributed by atoms with Gasteiger partial charge in [-0.15, -0.1) is 5.10 Å². The van der Waals surface area contributed by atoms with E-state index in [-0.39, 0.29) is 22.5 Å². The number of carbonyl (C=O) groups is 1. The topological polar surface area (TPSA) is 72.7 Å². The number of tetrazole rings is 1. The van der Waals surface area contributed by atoms with Crippen LogP contribution in [0.4, 0.5) is 13.2 Å². The molecule has 0 spiro atoms. The zero-order valence-electron chi connectivity index (χ0n) is 13.8. The second-order valence-electron chi connectivity index (χ2n) is 5.47. The van der Waals surface area contributed by atoms with E-state index >= 15 is 0 Å². The summed E-state index contributed by atoms with van der Waals surface area (Å²) in [6.07, 6.45) is -4.46. The Morgan fingerprint density at radius 3 is 2.63 bits per heavy atom. The Kier molecular flexibility index (Phi) is 5.75. The lowest BCUT2D eigenvalue weighted by atomic mass is 10.2. The molecule has 27 heavy (non-hydrogen) atoms. The third-order valence-electron chi connectivity index (χ3n) is 3.52. The maximum Gasteiger partial charge on any atom is 0.416 e. The van der Waals surface area contributed by atoms with E-state index in [0.29, 0.717) is 6.54 Å². The number of benzene rings is 2. The molecule has 3 aromatic rings. The van der Waals surface area contributed by atoms with E-state index in [4.69, 9.17) is 0 Å². The average Bonchev–Trinajstić information content (AvgIpc) is 3.13. The van der Waals surface area contributed by atoms with E-state index in [9.17, 15) is 18.0 Å². The molecule has 0 saturated heterocycles. The van der Waals surface area contributed by atoms with Crippen LogP contribution < -0.4 is 5.32 Å². The molecule has 1 aromatic heterocycles. The largest absolute Gasteiger partial charge is 0.416 e. The highest BCUT2D eigenvalue weighted by Crippen LogP contribution is 2.30. The van der Waals surface area contributed by atoms with Crippen LogP contribution >= 0.6 is 11.8 Å². The molecule has 2 aromatic carbocycles. The number of aromatic nitrogens is 4. The van der Waals surface area contributed by atoms with Crippen LogP contribution in [0.15, 0.2) is 59.8 Å². The molecule has 6 nitrogen and oxygen atoms in total. The minimum Gasteiger partial charge on any atom is -0.351 e. The van der Waals surface area contributed by atoms with E-state index in [0.717, 1.165) is 29.5 Å². The molecule has 3 rings (SSSR count). The standard InChI is InChI=1S/C17H14F3N5OS/c18-17(19,20)13-7-4-8-14(9-13)25-16(22-23-24-25)27-11-15(26)21-10-12-5-2-1-3-6-12/h1-9H,10-11H2,(H,21,26). The van der Waals surface area contributed by atoms with Gasteiger partial charge in [0.1, 0.15) is 0 Å². The van der Waals surface area contributed by atoms with Crippen LogP contribution in [-0.4, -0.2) is 31.9 Å². The van der Waals surface area contributed by atoms with Gasteiger partial charge in [0.2, 0.25) is 11.1 Å². The van der Waals surface area contributed by atoms with Crippen molar-refractivity contribution >= 4 is 17.7 Å². The summed E-state index contributed by atoms with van der Waals surface area (Å²) in [6, 6.07) is 14.1. The summed E-state index contributed by atoms with van der Waals surface area (Å²) >= 11 is 1.04. The van der Waals surface area contributed by atoms with Gasteiger partial charge in [0.25, 0.3) is 0 Å². The summed E-state index contributed by atoms with van der Waals surface area (Å²) in [5, 5.41) is 14.0. The number of hydrogen-bond donors (Lipinski definition) is 1. The van der Waals surface area contributed by atoms with Crippen LogP contribution in [0.3, 0.4) is 0 Å². The lowest BCUT2D eigenvalue weighted by molar-refractivity contribution is -0.137. The highest BCUT2D eigenvalue weighted by molar-refractivity contribution is 7.99. The quantitative estimate of drug-likeness (QED) is 0.652. The van der Waals surface area contributed by atoms with Crippen LogP contribution in [0.1, 0.15) is 11.1 Å². The predicted molar refractivity (Wildman–Crippen MR) is 93.2 cm³/mol. The van der Waals surface area contributed by atoms with Crippen molar-refractivity contribution in [2.45, 2.75) is 17.9 Å². The molecule has 0 unspecified atom stereocenters. The molecular formula is C17H14F3N5OS. The molecule has 1 N–H and O–H groups in total. The van der Waals surface area contributed by atoms with Crippen molar-refractivity contribution in [3.05, 3.63) is 65.7 Å². The first-order chi connectivity index (χ1) is 12.9. The number of nitrogens with one attached hydrogen (secondary N) is 1. The molecular weight excluding hydrogens is 379 g/mol. The Bertz CT molecular complexity index is 914. The van der Waals surface area contributed by atoms with Crippen LogP contribution in [0, 0.1) is 0 Å². The van der Waals surface area contributed by atoms with E-state index in [1.165, 1.54) is 16.8 Å². The number of thioether (sulfide) groups is 1. The van der Waals surface area contributed by atoms with Gasteiger partial charge in [0, 0.05) is 6.54 Å². The molecule has 0 aliphatic carbocycles. The average molecular weight is 393 g/mol. The molecule has 1 heterocycles. The minimum atomic E-state index is -4.46. The zero-order chi connectivity index (χ0) is 19.3. The van der Waals surface area contributed by atoms with Crippen molar-refractivity contribution in [1.29, 1.82) is 0 Å². The first-order valence-corrected chi connectivity index (χ1v) is 8.81. The van der Waals surface area contributed by atoms with E-state index in [2.05, 4.69) is 20.8 Å². The van der Waals surface area contributed by atoms with Gasteiger partial charge < -0.3 is 5.32 Å². The molecule has 0 radical (unpaired) electrons. The Morgan fingerprint density at radius 2 is 1.89 bits per heavy atom. The van der Waals surface area contributed by atoms with Crippen molar-refractivity contribution in [3.8, 4) is 5.69 Å². The molecule has 10 heteroatoms. The Balaban J connectivity index is 1.63. The highest BCUT2D eigenvalue weighted by Gasteiger charge is 2.30. The monoisotopic (exact) mass is 393 g/mol. The van der Waals surface area contributed by atoms with E-state index in [1.54, 1.807) is 0 Å². The normalized spacial score (nSPS) is 11.4. The number of nitrogens with zero attached hydrogens (tertiary/aromatic N) is 4. The van der Waals surface area contributed by atoms with Crippen LogP contribution in [-0.2, 0) is 17.5 Å². The highest BCUT2D eigenvalue weighted by atomic mass is 32.2. The molecule has 0 fully saturated rings. The second-order valence-corrected chi connectivity index (χ2v) is 6.41. The smallest absolute Gasteiger partial charge is 0.351 e. The summed E-state index contributed by atoms with van der Waals surface area (Å²) in [7, 11) is 0. The maximum absolute atomic E-state index is 12.9. The van der Waals surface area contributed by atoms with Gasteiger partial charge in [0.05, 0.1) is 17.0 Å². The molecule has 0 saturated carbocycles. The van der Waals surface area contributed by atoms with Gasteiger partial charge in [0.15, 0.2) is 0 Å². The molecule has 0 aliphatic rings. The third-order valence-corrected chi connectivity index (χ3v) is 4.44. The predicted octanol–water partition coefficient (Wildman–Crippen LogP) is 3.09. The van der Waals surface area contributed by atoms with Crippen molar-refractivity contribution in [2.24, 2.45) is 0 Å². The Labute approximate surface area is 156 Å². The summed E-state index contributed by atoms with van der Waals surface area (Å²) < 4.78 is 39.8. The fourth-order valence-corrected chi connectivity index (χ4v) is 2.94.